The molecule has 2 aromatic rings. The van der Waals surface area contributed by atoms with Gasteiger partial charge in [0.25, 0.3) is 5.91 Å². The zero-order valence-corrected chi connectivity index (χ0v) is 16.5. The van der Waals surface area contributed by atoms with Gasteiger partial charge in [0, 0.05) is 11.3 Å². The number of esters is 1. The minimum Gasteiger partial charge on any atom is -0.454 e. The molecular formula is C21H22N2O6. The second kappa shape index (κ2) is 9.09. The normalized spacial score (nSPS) is 12.4. The lowest BCUT2D eigenvalue weighted by atomic mass is 10.1. The van der Waals surface area contributed by atoms with Crippen LogP contribution in [0.5, 0.6) is 11.5 Å². The van der Waals surface area contributed by atoms with Gasteiger partial charge in [-0.25, -0.2) is 4.79 Å². The number of nitrogens with zero attached hydrogens (tertiary/aromatic N) is 1. The lowest BCUT2D eigenvalue weighted by Gasteiger charge is -2.10. The third kappa shape index (κ3) is 5.25. The summed E-state index contributed by atoms with van der Waals surface area (Å²) < 4.78 is 15.5. The number of carbonyl (C=O) groups excluding carboxylic acids is 2. The first kappa shape index (κ1) is 20.2. The molecule has 0 fully saturated rings. The lowest BCUT2D eigenvalue weighted by molar-refractivity contribution is -0.151. The monoisotopic (exact) mass is 398 g/mol. The Labute approximate surface area is 168 Å². The molecule has 1 aliphatic heterocycles. The van der Waals surface area contributed by atoms with Crippen molar-refractivity contribution in [1.29, 1.82) is 0 Å². The molecule has 1 amide bonds. The fourth-order valence-corrected chi connectivity index (χ4v) is 2.62. The van der Waals surface area contributed by atoms with E-state index in [1.54, 1.807) is 25.1 Å². The third-order valence-electron chi connectivity index (χ3n) is 4.42. The molecule has 0 aliphatic carbocycles. The molecule has 0 bridgehead atoms. The van der Waals surface area contributed by atoms with Crippen LogP contribution < -0.4 is 14.8 Å². The molecule has 152 valence electrons. The van der Waals surface area contributed by atoms with Crippen molar-refractivity contribution >= 4 is 23.3 Å². The third-order valence-corrected chi connectivity index (χ3v) is 4.42. The van der Waals surface area contributed by atoms with E-state index in [4.69, 9.17) is 19.0 Å². The summed E-state index contributed by atoms with van der Waals surface area (Å²) >= 11 is 0. The molecule has 1 aliphatic rings. The number of ether oxygens (including phenoxy) is 3. The minimum atomic E-state index is -0.691. The highest BCUT2D eigenvalue weighted by atomic mass is 16.7. The predicted molar refractivity (Wildman–Crippen MR) is 106 cm³/mol. The van der Waals surface area contributed by atoms with Crippen molar-refractivity contribution in [3.8, 4) is 11.5 Å². The zero-order chi connectivity index (χ0) is 20.8. The van der Waals surface area contributed by atoms with E-state index in [0.717, 1.165) is 16.7 Å². The van der Waals surface area contributed by atoms with Gasteiger partial charge in [-0.15, -0.1) is 0 Å². The molecule has 8 nitrogen and oxygen atoms in total. The number of benzene rings is 2. The number of aryl methyl sites for hydroxylation is 1. The number of nitrogens with one attached hydrogen (secondary N) is 1. The number of rotatable bonds is 7. The van der Waals surface area contributed by atoms with Crippen molar-refractivity contribution in [3.05, 3.63) is 53.1 Å². The highest BCUT2D eigenvalue weighted by Gasteiger charge is 2.14. The SMILES string of the molecule is C/C(=N/OCC(=O)OCC(=O)Nc1cccc(C)c1C)c1ccc2c(c1)OCO2. The van der Waals surface area contributed by atoms with Gasteiger partial charge in [-0.1, -0.05) is 17.3 Å². The van der Waals surface area contributed by atoms with Crippen molar-refractivity contribution in [2.75, 3.05) is 25.3 Å². The summed E-state index contributed by atoms with van der Waals surface area (Å²) in [6.45, 7) is 4.98. The fraction of sp³-hybridized carbons (Fsp3) is 0.286. The Morgan fingerprint density at radius 3 is 2.72 bits per heavy atom. The Kier molecular flexibility index (Phi) is 6.33. The standard InChI is InChI=1S/C21H22N2O6/c1-13-5-4-6-17(14(13)2)22-20(24)10-26-21(25)11-29-23-15(3)16-7-8-18-19(9-16)28-12-27-18/h4-9H,10-12H2,1-3H3,(H,22,24)/b23-15-. The summed E-state index contributed by atoms with van der Waals surface area (Å²) in [7, 11) is 0. The van der Waals surface area contributed by atoms with Gasteiger partial charge in [0.1, 0.15) is 0 Å². The fourth-order valence-electron chi connectivity index (χ4n) is 2.62. The summed E-state index contributed by atoms with van der Waals surface area (Å²) in [6.07, 6.45) is 0. The first-order chi connectivity index (χ1) is 13.9. The molecule has 3 rings (SSSR count). The van der Waals surface area contributed by atoms with E-state index in [0.29, 0.717) is 22.9 Å². The second-order valence-electron chi connectivity index (χ2n) is 6.47. The van der Waals surface area contributed by atoms with Crippen LogP contribution in [0.2, 0.25) is 0 Å². The van der Waals surface area contributed by atoms with Crippen LogP contribution in [0.4, 0.5) is 5.69 Å². The van der Waals surface area contributed by atoms with Crippen LogP contribution >= 0.6 is 0 Å². The Hall–Kier alpha value is -3.55. The van der Waals surface area contributed by atoms with Crippen molar-refractivity contribution in [3.63, 3.8) is 0 Å². The minimum absolute atomic E-state index is 0.189. The molecule has 2 aromatic carbocycles. The van der Waals surface area contributed by atoms with Crippen LogP contribution in [-0.2, 0) is 19.2 Å². The number of carbonyl (C=O) groups is 2. The van der Waals surface area contributed by atoms with Crippen molar-refractivity contribution in [1.82, 2.24) is 0 Å². The molecule has 0 saturated heterocycles. The van der Waals surface area contributed by atoms with Gasteiger partial charge in [-0.05, 0) is 56.2 Å². The smallest absolute Gasteiger partial charge is 0.347 e. The van der Waals surface area contributed by atoms with Crippen LogP contribution in [0.15, 0.2) is 41.6 Å². The zero-order valence-electron chi connectivity index (χ0n) is 16.5. The molecule has 0 aromatic heterocycles. The van der Waals surface area contributed by atoms with E-state index in [1.165, 1.54) is 0 Å². The Bertz CT molecular complexity index is 954. The van der Waals surface area contributed by atoms with Crippen molar-refractivity contribution < 1.29 is 28.6 Å². The Balaban J connectivity index is 1.43. The maximum atomic E-state index is 12.0. The maximum absolute atomic E-state index is 12.0. The molecule has 8 heteroatoms. The average molecular weight is 398 g/mol. The second-order valence-corrected chi connectivity index (χ2v) is 6.47. The van der Waals surface area contributed by atoms with Gasteiger partial charge in [0.2, 0.25) is 13.4 Å². The molecule has 1 N–H and O–H groups in total. The largest absolute Gasteiger partial charge is 0.454 e. The molecule has 1 heterocycles. The van der Waals surface area contributed by atoms with Crippen LogP contribution in [0.3, 0.4) is 0 Å². The van der Waals surface area contributed by atoms with Crippen molar-refractivity contribution in [2.45, 2.75) is 20.8 Å². The summed E-state index contributed by atoms with van der Waals surface area (Å²) in [5.74, 6) is 0.187. The van der Waals surface area contributed by atoms with Gasteiger partial charge >= 0.3 is 5.97 Å². The molecule has 0 spiro atoms. The first-order valence-electron chi connectivity index (χ1n) is 9.02. The van der Waals surface area contributed by atoms with Crippen LogP contribution in [-0.4, -0.2) is 37.6 Å². The van der Waals surface area contributed by atoms with Crippen LogP contribution in [0.25, 0.3) is 0 Å². The van der Waals surface area contributed by atoms with Crippen molar-refractivity contribution in [2.24, 2.45) is 5.16 Å². The highest BCUT2D eigenvalue weighted by Crippen LogP contribution is 2.32. The highest BCUT2D eigenvalue weighted by molar-refractivity contribution is 5.99. The quantitative estimate of drug-likeness (QED) is 0.438. The Morgan fingerprint density at radius 2 is 1.90 bits per heavy atom. The average Bonchev–Trinajstić information content (AvgIpc) is 3.17. The van der Waals surface area contributed by atoms with Gasteiger partial charge in [0.15, 0.2) is 18.1 Å². The molecule has 0 radical (unpaired) electrons. The lowest BCUT2D eigenvalue weighted by Crippen LogP contribution is -2.23. The topological polar surface area (TPSA) is 95.5 Å². The van der Waals surface area contributed by atoms with E-state index < -0.39 is 25.1 Å². The van der Waals surface area contributed by atoms with Gasteiger partial charge in [0.05, 0.1) is 5.71 Å². The summed E-state index contributed by atoms with van der Waals surface area (Å²) in [5.41, 5.74) is 4.04. The van der Waals surface area contributed by atoms with E-state index >= 15 is 0 Å². The number of anilines is 1. The maximum Gasteiger partial charge on any atom is 0.347 e. The molecule has 29 heavy (non-hydrogen) atoms. The first-order valence-corrected chi connectivity index (χ1v) is 9.02. The molecule has 0 unspecified atom stereocenters. The number of hydrogen-bond acceptors (Lipinski definition) is 7. The van der Waals surface area contributed by atoms with E-state index in [1.807, 2.05) is 32.0 Å². The molecule has 0 saturated carbocycles. The van der Waals surface area contributed by atoms with E-state index in [-0.39, 0.29) is 6.79 Å². The van der Waals surface area contributed by atoms with Crippen LogP contribution in [0.1, 0.15) is 23.6 Å². The van der Waals surface area contributed by atoms with E-state index in [2.05, 4.69) is 10.5 Å². The summed E-state index contributed by atoms with van der Waals surface area (Å²) in [4.78, 5) is 28.7. The summed E-state index contributed by atoms with van der Waals surface area (Å²) in [5, 5.41) is 6.61. The van der Waals surface area contributed by atoms with Gasteiger partial charge in [-0.3, -0.25) is 4.79 Å². The number of oxime groups is 1. The number of fused-ring (bicyclic) bond motifs is 1. The van der Waals surface area contributed by atoms with E-state index in [9.17, 15) is 9.59 Å². The van der Waals surface area contributed by atoms with Crippen LogP contribution in [0, 0.1) is 13.8 Å². The predicted octanol–water partition coefficient (Wildman–Crippen LogP) is 2.95. The Morgan fingerprint density at radius 1 is 1.10 bits per heavy atom. The molecular weight excluding hydrogens is 376 g/mol. The number of hydrogen-bond donors (Lipinski definition) is 1. The van der Waals surface area contributed by atoms with Gasteiger partial charge in [-0.2, -0.15) is 0 Å². The summed E-state index contributed by atoms with van der Waals surface area (Å²) in [6, 6.07) is 11.0. The molecule has 0 atom stereocenters. The van der Waals surface area contributed by atoms with Gasteiger partial charge < -0.3 is 24.4 Å². The number of amides is 1.